The minimum atomic E-state index is -0.328. The Hall–Kier alpha value is -3.42. The summed E-state index contributed by atoms with van der Waals surface area (Å²) in [4.78, 5) is 28.8. The second kappa shape index (κ2) is 6.83. The smallest absolute Gasteiger partial charge is 0.318 e. The fourth-order valence-electron chi connectivity index (χ4n) is 2.82. The van der Waals surface area contributed by atoms with E-state index in [1.807, 2.05) is 13.8 Å². The van der Waals surface area contributed by atoms with Crippen molar-refractivity contribution < 1.29 is 9.59 Å². The molecule has 134 valence electrons. The zero-order chi connectivity index (χ0) is 18.8. The van der Waals surface area contributed by atoms with E-state index in [9.17, 15) is 9.59 Å². The number of carbonyl (C=O) groups excluding carboxylic acids is 2. The van der Waals surface area contributed by atoms with Gasteiger partial charge < -0.3 is 16.0 Å². The van der Waals surface area contributed by atoms with Crippen molar-refractivity contribution in [2.45, 2.75) is 13.8 Å². The standard InChI is InChI=1S/C18H20N6O2/c1-10-8-14(15-11(2)23-24(4)16(15)20-10)17(25)21-12-6-5-7-13(9-12)22-18(26)19-3/h5-9H,1-4H3,(H,21,25)(H2,19,22,26). The minimum Gasteiger partial charge on any atom is -0.341 e. The third-order valence-corrected chi connectivity index (χ3v) is 3.95. The van der Waals surface area contributed by atoms with Gasteiger partial charge in [-0.25, -0.2) is 9.78 Å². The lowest BCUT2D eigenvalue weighted by atomic mass is 10.1. The summed E-state index contributed by atoms with van der Waals surface area (Å²) in [5.74, 6) is -0.256. The Morgan fingerprint density at radius 3 is 2.46 bits per heavy atom. The van der Waals surface area contributed by atoms with Crippen LogP contribution in [0.25, 0.3) is 11.0 Å². The van der Waals surface area contributed by atoms with Gasteiger partial charge in [0.2, 0.25) is 0 Å². The molecule has 0 saturated heterocycles. The van der Waals surface area contributed by atoms with Gasteiger partial charge in [0.25, 0.3) is 5.91 Å². The van der Waals surface area contributed by atoms with Gasteiger partial charge in [-0.3, -0.25) is 9.48 Å². The molecule has 0 radical (unpaired) electrons. The Morgan fingerprint density at radius 1 is 1.08 bits per heavy atom. The van der Waals surface area contributed by atoms with Crippen molar-refractivity contribution in [3.63, 3.8) is 0 Å². The summed E-state index contributed by atoms with van der Waals surface area (Å²) in [5.41, 5.74) is 3.82. The number of rotatable bonds is 3. The van der Waals surface area contributed by atoms with Crippen molar-refractivity contribution in [2.24, 2.45) is 7.05 Å². The van der Waals surface area contributed by atoms with Crippen LogP contribution in [0, 0.1) is 13.8 Å². The number of pyridine rings is 1. The van der Waals surface area contributed by atoms with E-state index in [2.05, 4.69) is 26.0 Å². The van der Waals surface area contributed by atoms with Crippen molar-refractivity contribution in [3.8, 4) is 0 Å². The first kappa shape index (κ1) is 17.4. The molecule has 0 aliphatic rings. The van der Waals surface area contributed by atoms with E-state index in [1.165, 1.54) is 7.05 Å². The highest BCUT2D eigenvalue weighted by Crippen LogP contribution is 2.23. The number of nitrogens with zero attached hydrogens (tertiary/aromatic N) is 3. The van der Waals surface area contributed by atoms with E-state index in [1.54, 1.807) is 42.1 Å². The van der Waals surface area contributed by atoms with Crippen molar-refractivity contribution >= 4 is 34.3 Å². The maximum atomic E-state index is 12.9. The number of amides is 3. The van der Waals surface area contributed by atoms with Crippen LogP contribution >= 0.6 is 0 Å². The number of aryl methyl sites for hydroxylation is 3. The number of fused-ring (bicyclic) bond motifs is 1. The molecule has 8 nitrogen and oxygen atoms in total. The van der Waals surface area contributed by atoms with Gasteiger partial charge >= 0.3 is 6.03 Å². The molecule has 0 aliphatic heterocycles. The van der Waals surface area contributed by atoms with Crippen LogP contribution < -0.4 is 16.0 Å². The van der Waals surface area contributed by atoms with Gasteiger partial charge in [0.1, 0.15) is 0 Å². The average Bonchev–Trinajstić information content (AvgIpc) is 2.88. The fraction of sp³-hybridized carbons (Fsp3) is 0.222. The highest BCUT2D eigenvalue weighted by atomic mass is 16.2. The minimum absolute atomic E-state index is 0.256. The molecule has 0 spiro atoms. The summed E-state index contributed by atoms with van der Waals surface area (Å²) in [6.07, 6.45) is 0. The monoisotopic (exact) mass is 352 g/mol. The lowest BCUT2D eigenvalue weighted by molar-refractivity contribution is 0.102. The Bertz CT molecular complexity index is 1010. The number of hydrogen-bond donors (Lipinski definition) is 3. The summed E-state index contributed by atoms with van der Waals surface area (Å²) in [6.45, 7) is 3.69. The van der Waals surface area contributed by atoms with Gasteiger partial charge in [-0.1, -0.05) is 6.07 Å². The number of nitrogens with one attached hydrogen (secondary N) is 3. The second-order valence-corrected chi connectivity index (χ2v) is 5.96. The lowest BCUT2D eigenvalue weighted by Gasteiger charge is -2.10. The Labute approximate surface area is 150 Å². The predicted octanol–water partition coefficient (Wildman–Crippen LogP) is 2.59. The molecule has 26 heavy (non-hydrogen) atoms. The molecule has 0 aliphatic carbocycles. The highest BCUT2D eigenvalue weighted by Gasteiger charge is 2.18. The normalized spacial score (nSPS) is 10.6. The van der Waals surface area contributed by atoms with Gasteiger partial charge in [0.15, 0.2) is 5.65 Å². The van der Waals surface area contributed by atoms with Crippen LogP contribution in [0.3, 0.4) is 0 Å². The Balaban J connectivity index is 1.93. The summed E-state index contributed by atoms with van der Waals surface area (Å²) in [6, 6.07) is 8.36. The summed E-state index contributed by atoms with van der Waals surface area (Å²) >= 11 is 0. The van der Waals surface area contributed by atoms with Crippen molar-refractivity contribution in [2.75, 3.05) is 17.7 Å². The van der Waals surface area contributed by atoms with Crippen molar-refractivity contribution in [3.05, 3.63) is 47.3 Å². The van der Waals surface area contributed by atoms with Gasteiger partial charge in [-0.2, -0.15) is 5.10 Å². The van der Waals surface area contributed by atoms with Crippen LogP contribution in [0.4, 0.5) is 16.2 Å². The number of aromatic nitrogens is 3. The number of benzene rings is 1. The topological polar surface area (TPSA) is 101 Å². The van der Waals surface area contributed by atoms with E-state index in [0.717, 1.165) is 16.8 Å². The van der Waals surface area contributed by atoms with Crippen LogP contribution in [-0.2, 0) is 7.05 Å². The molecule has 8 heteroatoms. The molecule has 0 saturated carbocycles. The number of hydrogen-bond acceptors (Lipinski definition) is 4. The highest BCUT2D eigenvalue weighted by molar-refractivity contribution is 6.12. The number of anilines is 2. The van der Waals surface area contributed by atoms with Crippen LogP contribution in [0.2, 0.25) is 0 Å². The number of carbonyl (C=O) groups is 2. The van der Waals surface area contributed by atoms with E-state index in [4.69, 9.17) is 0 Å². The average molecular weight is 352 g/mol. The first-order chi connectivity index (χ1) is 12.4. The first-order valence-corrected chi connectivity index (χ1v) is 8.10. The van der Waals surface area contributed by atoms with Crippen LogP contribution in [0.5, 0.6) is 0 Å². The lowest BCUT2D eigenvalue weighted by Crippen LogP contribution is -2.24. The van der Waals surface area contributed by atoms with E-state index >= 15 is 0 Å². The molecular formula is C18H20N6O2. The third kappa shape index (κ3) is 3.34. The van der Waals surface area contributed by atoms with E-state index < -0.39 is 0 Å². The quantitative estimate of drug-likeness (QED) is 0.674. The van der Waals surface area contributed by atoms with Crippen molar-refractivity contribution in [1.29, 1.82) is 0 Å². The summed E-state index contributed by atoms with van der Waals surface area (Å²) < 4.78 is 1.67. The van der Waals surface area contributed by atoms with Gasteiger partial charge in [-0.15, -0.1) is 0 Å². The third-order valence-electron chi connectivity index (χ3n) is 3.95. The summed E-state index contributed by atoms with van der Waals surface area (Å²) in [7, 11) is 3.34. The Morgan fingerprint density at radius 2 is 1.77 bits per heavy atom. The maximum absolute atomic E-state index is 12.9. The largest absolute Gasteiger partial charge is 0.341 e. The second-order valence-electron chi connectivity index (χ2n) is 5.96. The van der Waals surface area contributed by atoms with Gasteiger partial charge in [0, 0.05) is 31.2 Å². The molecule has 3 rings (SSSR count). The molecule has 2 heterocycles. The van der Waals surface area contributed by atoms with Crippen LogP contribution in [-0.4, -0.2) is 33.8 Å². The Kier molecular flexibility index (Phi) is 4.57. The first-order valence-electron chi connectivity index (χ1n) is 8.10. The van der Waals surface area contributed by atoms with E-state index in [0.29, 0.717) is 22.6 Å². The molecular weight excluding hydrogens is 332 g/mol. The molecule has 3 aromatic rings. The maximum Gasteiger partial charge on any atom is 0.318 e. The molecule has 0 fully saturated rings. The van der Waals surface area contributed by atoms with Crippen molar-refractivity contribution in [1.82, 2.24) is 20.1 Å². The van der Waals surface area contributed by atoms with Gasteiger partial charge in [-0.05, 0) is 38.1 Å². The van der Waals surface area contributed by atoms with Gasteiger partial charge in [0.05, 0.1) is 16.6 Å². The molecule has 0 unspecified atom stereocenters. The SMILES string of the molecule is CNC(=O)Nc1cccc(NC(=O)c2cc(C)nc3c2c(C)nn3C)c1. The zero-order valence-corrected chi connectivity index (χ0v) is 15.0. The molecule has 1 aromatic carbocycles. The summed E-state index contributed by atoms with van der Waals surface area (Å²) in [5, 5.41) is 13.1. The zero-order valence-electron chi connectivity index (χ0n) is 15.0. The molecule has 0 bridgehead atoms. The van der Waals surface area contributed by atoms with Crippen LogP contribution in [0.15, 0.2) is 30.3 Å². The molecule has 0 atom stereocenters. The van der Waals surface area contributed by atoms with Crippen LogP contribution in [0.1, 0.15) is 21.7 Å². The molecule has 2 aromatic heterocycles. The predicted molar refractivity (Wildman–Crippen MR) is 100 cm³/mol. The number of urea groups is 1. The molecule has 3 amide bonds. The van der Waals surface area contributed by atoms with E-state index in [-0.39, 0.29) is 11.9 Å². The molecule has 3 N–H and O–H groups in total. The fourth-order valence-corrected chi connectivity index (χ4v) is 2.82.